The third kappa shape index (κ3) is 5.34. The number of benzene rings is 1. The minimum absolute atomic E-state index is 0.0957. The molecule has 1 aliphatic heterocycles. The molecule has 0 radical (unpaired) electrons. The van der Waals surface area contributed by atoms with Gasteiger partial charge in [0.2, 0.25) is 0 Å². The molecule has 0 spiro atoms. The molecule has 152 valence electrons. The summed E-state index contributed by atoms with van der Waals surface area (Å²) in [6.07, 6.45) is 4.36. The van der Waals surface area contributed by atoms with Gasteiger partial charge < -0.3 is 19.4 Å². The van der Waals surface area contributed by atoms with Crippen LogP contribution < -0.4 is 5.32 Å². The van der Waals surface area contributed by atoms with E-state index < -0.39 is 5.91 Å². The monoisotopic (exact) mass is 396 g/mol. The molecule has 1 atom stereocenters. The van der Waals surface area contributed by atoms with Gasteiger partial charge in [0, 0.05) is 24.7 Å². The average molecular weight is 396 g/mol. The van der Waals surface area contributed by atoms with Gasteiger partial charge >= 0.3 is 5.97 Å². The zero-order chi connectivity index (χ0) is 20.6. The van der Waals surface area contributed by atoms with Crippen molar-refractivity contribution in [2.24, 2.45) is 5.92 Å². The van der Waals surface area contributed by atoms with Crippen LogP contribution in [0.4, 0.5) is 0 Å². The van der Waals surface area contributed by atoms with Crippen molar-refractivity contribution in [3.63, 3.8) is 0 Å². The molecule has 1 aromatic heterocycles. The van der Waals surface area contributed by atoms with E-state index in [4.69, 9.17) is 9.15 Å². The second-order valence-electron chi connectivity index (χ2n) is 6.74. The topological polar surface area (TPSA) is 88.8 Å². The van der Waals surface area contributed by atoms with Crippen LogP contribution in [0, 0.1) is 5.92 Å². The lowest BCUT2D eigenvalue weighted by atomic mass is 9.98. The zero-order valence-corrected chi connectivity index (χ0v) is 16.3. The standard InChI is InChI=1S/C22H24N2O5/c1-2-28-22(27)17-10-6-12-24(15-17)21(26)19(14-18-11-7-13-29-18)23-20(25)16-8-4-3-5-9-16/h3-5,7-9,11,13-14,17H,2,6,10,12,15H2,1H3,(H,23,25)/b19-14+/t17-/m0/s1. The van der Waals surface area contributed by atoms with E-state index in [2.05, 4.69) is 5.32 Å². The third-order valence-corrected chi connectivity index (χ3v) is 4.67. The molecule has 7 heteroatoms. The number of carbonyl (C=O) groups excluding carboxylic acids is 3. The zero-order valence-electron chi connectivity index (χ0n) is 16.3. The van der Waals surface area contributed by atoms with Crippen LogP contribution in [0.15, 0.2) is 58.8 Å². The van der Waals surface area contributed by atoms with Gasteiger partial charge in [0.25, 0.3) is 11.8 Å². The van der Waals surface area contributed by atoms with Crippen molar-refractivity contribution in [1.29, 1.82) is 0 Å². The average Bonchev–Trinajstić information content (AvgIpc) is 3.27. The molecule has 3 rings (SSSR count). The van der Waals surface area contributed by atoms with E-state index in [0.717, 1.165) is 0 Å². The van der Waals surface area contributed by atoms with Crippen LogP contribution in [0.2, 0.25) is 0 Å². The number of amides is 2. The molecule has 2 aromatic rings. The number of carbonyl (C=O) groups is 3. The predicted molar refractivity (Wildman–Crippen MR) is 107 cm³/mol. The van der Waals surface area contributed by atoms with Gasteiger partial charge in [0.1, 0.15) is 11.5 Å². The number of likely N-dealkylation sites (tertiary alicyclic amines) is 1. The first kappa shape index (κ1) is 20.4. The molecule has 0 saturated carbocycles. The van der Waals surface area contributed by atoms with Gasteiger partial charge in [0.15, 0.2) is 0 Å². The Morgan fingerprint density at radius 2 is 2.00 bits per heavy atom. The summed E-state index contributed by atoms with van der Waals surface area (Å²) in [7, 11) is 0. The normalized spacial score (nSPS) is 16.9. The Morgan fingerprint density at radius 3 is 2.69 bits per heavy atom. The van der Waals surface area contributed by atoms with Crippen molar-refractivity contribution in [2.75, 3.05) is 19.7 Å². The van der Waals surface area contributed by atoms with E-state index in [-0.39, 0.29) is 30.0 Å². The van der Waals surface area contributed by atoms with Gasteiger partial charge in [-0.25, -0.2) is 0 Å². The molecule has 1 N–H and O–H groups in total. The highest BCUT2D eigenvalue weighted by atomic mass is 16.5. The summed E-state index contributed by atoms with van der Waals surface area (Å²) in [5, 5.41) is 2.69. The van der Waals surface area contributed by atoms with E-state index in [9.17, 15) is 14.4 Å². The Kier molecular flexibility index (Phi) is 6.84. The molecule has 1 fully saturated rings. The maximum atomic E-state index is 13.2. The Hall–Kier alpha value is -3.35. The minimum Gasteiger partial charge on any atom is -0.466 e. The molecule has 29 heavy (non-hydrogen) atoms. The van der Waals surface area contributed by atoms with Gasteiger partial charge in [-0.15, -0.1) is 0 Å². The number of hydrogen-bond donors (Lipinski definition) is 1. The fourth-order valence-corrected chi connectivity index (χ4v) is 3.24. The van der Waals surface area contributed by atoms with Gasteiger partial charge in [-0.1, -0.05) is 18.2 Å². The quantitative estimate of drug-likeness (QED) is 0.599. The number of nitrogens with one attached hydrogen (secondary N) is 1. The summed E-state index contributed by atoms with van der Waals surface area (Å²) in [5.41, 5.74) is 0.534. The van der Waals surface area contributed by atoms with Crippen LogP contribution in [0.3, 0.4) is 0 Å². The van der Waals surface area contributed by atoms with Gasteiger partial charge in [0.05, 0.1) is 18.8 Å². The Bertz CT molecular complexity index is 874. The molecular formula is C22H24N2O5. The van der Waals surface area contributed by atoms with Crippen LogP contribution in [-0.4, -0.2) is 42.4 Å². The molecule has 1 aromatic carbocycles. The largest absolute Gasteiger partial charge is 0.466 e. The third-order valence-electron chi connectivity index (χ3n) is 4.67. The summed E-state index contributed by atoms with van der Waals surface area (Å²) >= 11 is 0. The van der Waals surface area contributed by atoms with Crippen molar-refractivity contribution < 1.29 is 23.5 Å². The highest BCUT2D eigenvalue weighted by Gasteiger charge is 2.31. The predicted octanol–water partition coefficient (Wildman–Crippen LogP) is 2.85. The lowest BCUT2D eigenvalue weighted by Crippen LogP contribution is -2.45. The molecular weight excluding hydrogens is 372 g/mol. The SMILES string of the molecule is CCOC(=O)[C@H]1CCCN(C(=O)/C(=C\c2ccco2)NC(=O)c2ccccc2)C1. The number of esters is 1. The maximum Gasteiger partial charge on any atom is 0.310 e. The van der Waals surface area contributed by atoms with Crippen LogP contribution >= 0.6 is 0 Å². The maximum absolute atomic E-state index is 13.2. The number of hydrogen-bond acceptors (Lipinski definition) is 5. The van der Waals surface area contributed by atoms with Gasteiger partial charge in [-0.2, -0.15) is 0 Å². The van der Waals surface area contributed by atoms with Crippen LogP contribution in [0.25, 0.3) is 6.08 Å². The van der Waals surface area contributed by atoms with Gasteiger partial charge in [-0.3, -0.25) is 14.4 Å². The summed E-state index contributed by atoms with van der Waals surface area (Å²) in [6, 6.07) is 12.0. The second kappa shape index (κ2) is 9.73. The molecule has 2 heterocycles. The van der Waals surface area contributed by atoms with E-state index in [1.807, 2.05) is 6.07 Å². The van der Waals surface area contributed by atoms with Gasteiger partial charge in [-0.05, 0) is 44.0 Å². The summed E-state index contributed by atoms with van der Waals surface area (Å²) in [5.74, 6) is -0.965. The minimum atomic E-state index is -0.393. The van der Waals surface area contributed by atoms with Crippen molar-refractivity contribution in [1.82, 2.24) is 10.2 Å². The smallest absolute Gasteiger partial charge is 0.310 e. The lowest BCUT2D eigenvalue weighted by Gasteiger charge is -2.32. The molecule has 1 aliphatic rings. The number of piperidine rings is 1. The number of furan rings is 1. The molecule has 2 amide bonds. The van der Waals surface area contributed by atoms with E-state index >= 15 is 0 Å². The van der Waals surface area contributed by atoms with Crippen molar-refractivity contribution >= 4 is 23.9 Å². The molecule has 0 unspecified atom stereocenters. The summed E-state index contributed by atoms with van der Waals surface area (Å²) in [4.78, 5) is 39.4. The highest BCUT2D eigenvalue weighted by Crippen LogP contribution is 2.20. The Labute approximate surface area is 169 Å². The highest BCUT2D eigenvalue weighted by molar-refractivity contribution is 6.05. The Morgan fingerprint density at radius 1 is 1.21 bits per heavy atom. The van der Waals surface area contributed by atoms with Crippen molar-refractivity contribution in [3.8, 4) is 0 Å². The van der Waals surface area contributed by atoms with Crippen LogP contribution in [0.5, 0.6) is 0 Å². The lowest BCUT2D eigenvalue weighted by molar-refractivity contribution is -0.150. The van der Waals surface area contributed by atoms with Crippen molar-refractivity contribution in [2.45, 2.75) is 19.8 Å². The first-order valence-corrected chi connectivity index (χ1v) is 9.66. The number of rotatable bonds is 6. The first-order valence-electron chi connectivity index (χ1n) is 9.66. The summed E-state index contributed by atoms with van der Waals surface area (Å²) in [6.45, 7) is 2.83. The molecule has 1 saturated heterocycles. The number of ether oxygens (including phenoxy) is 1. The number of nitrogens with zero attached hydrogens (tertiary/aromatic N) is 1. The van der Waals surface area contributed by atoms with E-state index in [1.54, 1.807) is 48.2 Å². The fourth-order valence-electron chi connectivity index (χ4n) is 3.24. The second-order valence-corrected chi connectivity index (χ2v) is 6.74. The fraction of sp³-hybridized carbons (Fsp3) is 0.318. The van der Waals surface area contributed by atoms with Crippen LogP contribution in [0.1, 0.15) is 35.9 Å². The van der Waals surface area contributed by atoms with Crippen molar-refractivity contribution in [3.05, 3.63) is 65.7 Å². The molecule has 0 aliphatic carbocycles. The Balaban J connectivity index is 1.79. The van der Waals surface area contributed by atoms with Crippen LogP contribution in [-0.2, 0) is 14.3 Å². The molecule has 7 nitrogen and oxygen atoms in total. The van der Waals surface area contributed by atoms with E-state index in [1.165, 1.54) is 12.3 Å². The van der Waals surface area contributed by atoms with E-state index in [0.29, 0.717) is 37.3 Å². The molecule has 0 bridgehead atoms. The first-order chi connectivity index (χ1) is 14.1. The summed E-state index contributed by atoms with van der Waals surface area (Å²) < 4.78 is 10.4.